The lowest BCUT2D eigenvalue weighted by Gasteiger charge is -2.21. The highest BCUT2D eigenvalue weighted by atomic mass is 35.5. The van der Waals surface area contributed by atoms with Crippen LogP contribution in [-0.4, -0.2) is 33.4 Å². The maximum atomic E-state index is 13.2. The maximum absolute atomic E-state index is 13.2. The minimum atomic E-state index is -1.14. The number of carboxylic acid groups (broad SMARTS) is 1. The van der Waals surface area contributed by atoms with Crippen molar-refractivity contribution in [2.45, 2.75) is 32.9 Å². The van der Waals surface area contributed by atoms with Crippen molar-refractivity contribution in [3.63, 3.8) is 0 Å². The van der Waals surface area contributed by atoms with Gasteiger partial charge in [0, 0.05) is 22.3 Å². The van der Waals surface area contributed by atoms with Gasteiger partial charge in [-0.3, -0.25) is 9.59 Å². The molecule has 0 aliphatic rings. The van der Waals surface area contributed by atoms with E-state index in [0.717, 1.165) is 11.1 Å². The smallest absolute Gasteiger partial charge is 0.319 e. The molecule has 0 saturated heterocycles. The molecule has 4 N–H and O–H groups in total. The van der Waals surface area contributed by atoms with Crippen molar-refractivity contribution in [3.05, 3.63) is 111 Å². The highest BCUT2D eigenvalue weighted by molar-refractivity contribution is 6.31. The lowest BCUT2D eigenvalue weighted by atomic mass is 9.98. The molecule has 1 atom stereocenters. The summed E-state index contributed by atoms with van der Waals surface area (Å²) >= 11 is 6.25. The van der Waals surface area contributed by atoms with Crippen LogP contribution in [0, 0.1) is 6.92 Å². The standard InChI is InChI=1S/C31H30ClN3O6/c1-3-41-26-15-21(13-14-23(26)20-9-5-4-6-10-20)25(16-27(36)37)33-31(40)34-28-29(38)19(2)17-35(30(28)39)18-22-11-7-8-12-24(22)32/h4-15,17,25,38H,3,16,18H2,1-2H3,(H,36,37)(H2,33,34,40)/t25-/m0/s1. The van der Waals surface area contributed by atoms with Gasteiger partial charge in [0.15, 0.2) is 5.69 Å². The number of pyridine rings is 1. The number of nitrogens with zero attached hydrogens (tertiary/aromatic N) is 1. The molecule has 0 aliphatic heterocycles. The zero-order valence-electron chi connectivity index (χ0n) is 22.6. The summed E-state index contributed by atoms with van der Waals surface area (Å²) in [7, 11) is 0. The lowest BCUT2D eigenvalue weighted by Crippen LogP contribution is -2.36. The van der Waals surface area contributed by atoms with Crippen molar-refractivity contribution in [1.82, 2.24) is 9.88 Å². The van der Waals surface area contributed by atoms with Crippen molar-refractivity contribution in [2.75, 3.05) is 11.9 Å². The number of aliphatic carboxylic acids is 1. The molecule has 9 nitrogen and oxygen atoms in total. The first-order valence-electron chi connectivity index (χ1n) is 13.0. The van der Waals surface area contributed by atoms with Crippen LogP contribution in [0.4, 0.5) is 10.5 Å². The molecule has 0 bridgehead atoms. The number of amides is 2. The number of anilines is 1. The van der Waals surface area contributed by atoms with E-state index in [2.05, 4.69) is 10.6 Å². The first kappa shape index (κ1) is 29.2. The van der Waals surface area contributed by atoms with Gasteiger partial charge in [0.25, 0.3) is 5.56 Å². The topological polar surface area (TPSA) is 130 Å². The van der Waals surface area contributed by atoms with Gasteiger partial charge in [0.05, 0.1) is 25.6 Å². The highest BCUT2D eigenvalue weighted by Crippen LogP contribution is 2.33. The van der Waals surface area contributed by atoms with Crippen LogP contribution in [0.25, 0.3) is 11.1 Å². The minimum absolute atomic E-state index is 0.117. The van der Waals surface area contributed by atoms with Gasteiger partial charge < -0.3 is 30.2 Å². The van der Waals surface area contributed by atoms with Crippen LogP contribution in [0.15, 0.2) is 83.8 Å². The summed E-state index contributed by atoms with van der Waals surface area (Å²) < 4.78 is 7.17. The molecule has 1 aromatic heterocycles. The third kappa shape index (κ3) is 7.06. The molecule has 2 amide bonds. The van der Waals surface area contributed by atoms with Crippen LogP contribution >= 0.6 is 11.6 Å². The lowest BCUT2D eigenvalue weighted by molar-refractivity contribution is -0.137. The van der Waals surface area contributed by atoms with Gasteiger partial charge in [-0.1, -0.05) is 72.3 Å². The average molecular weight is 576 g/mol. The number of carboxylic acids is 1. The predicted octanol–water partition coefficient (Wildman–Crippen LogP) is 5.97. The average Bonchev–Trinajstić information content (AvgIpc) is 2.95. The summed E-state index contributed by atoms with van der Waals surface area (Å²) in [4.78, 5) is 38.0. The van der Waals surface area contributed by atoms with Crippen molar-refractivity contribution in [3.8, 4) is 22.6 Å². The summed E-state index contributed by atoms with van der Waals surface area (Å²) in [5.41, 5.74) is 2.29. The van der Waals surface area contributed by atoms with E-state index in [1.807, 2.05) is 43.3 Å². The molecule has 0 spiro atoms. The second-order valence-corrected chi connectivity index (χ2v) is 9.77. The Kier molecular flexibility index (Phi) is 9.31. The van der Waals surface area contributed by atoms with Gasteiger partial charge in [-0.2, -0.15) is 0 Å². The second-order valence-electron chi connectivity index (χ2n) is 9.36. The molecule has 212 valence electrons. The maximum Gasteiger partial charge on any atom is 0.319 e. The predicted molar refractivity (Wildman–Crippen MR) is 158 cm³/mol. The number of rotatable bonds is 10. The van der Waals surface area contributed by atoms with E-state index in [1.165, 1.54) is 10.8 Å². The number of carbonyl (C=O) groups is 2. The minimum Gasteiger partial charge on any atom is -0.505 e. The molecule has 0 saturated carbocycles. The fourth-order valence-corrected chi connectivity index (χ4v) is 4.65. The third-order valence-corrected chi connectivity index (χ3v) is 6.82. The number of urea groups is 1. The molecular formula is C31H30ClN3O6. The van der Waals surface area contributed by atoms with Crippen LogP contribution in [0.1, 0.15) is 36.1 Å². The Morgan fingerprint density at radius 3 is 2.44 bits per heavy atom. The molecule has 0 radical (unpaired) electrons. The number of halogens is 1. The van der Waals surface area contributed by atoms with E-state index in [1.54, 1.807) is 43.3 Å². The molecule has 0 fully saturated rings. The Bertz CT molecular complexity index is 1620. The number of ether oxygens (including phenoxy) is 1. The van der Waals surface area contributed by atoms with Gasteiger partial charge in [0.2, 0.25) is 0 Å². The van der Waals surface area contributed by atoms with Crippen molar-refractivity contribution < 1.29 is 24.5 Å². The van der Waals surface area contributed by atoms with Crippen molar-refractivity contribution in [2.24, 2.45) is 0 Å². The van der Waals surface area contributed by atoms with Gasteiger partial charge in [-0.25, -0.2) is 4.79 Å². The summed E-state index contributed by atoms with van der Waals surface area (Å²) in [6.07, 6.45) is 1.04. The fourth-order valence-electron chi connectivity index (χ4n) is 4.46. The van der Waals surface area contributed by atoms with Gasteiger partial charge >= 0.3 is 12.0 Å². The SMILES string of the molecule is CCOc1cc([C@H](CC(=O)O)NC(=O)Nc2c(O)c(C)cn(Cc3ccccc3Cl)c2=O)ccc1-c1ccccc1. The number of aromatic hydroxyl groups is 1. The van der Waals surface area contributed by atoms with E-state index in [-0.39, 0.29) is 18.0 Å². The Hall–Kier alpha value is -4.76. The zero-order chi connectivity index (χ0) is 29.5. The monoisotopic (exact) mass is 575 g/mol. The third-order valence-electron chi connectivity index (χ3n) is 6.45. The summed E-state index contributed by atoms with van der Waals surface area (Å²) in [5.74, 6) is -0.991. The van der Waals surface area contributed by atoms with E-state index in [4.69, 9.17) is 16.3 Å². The molecule has 4 aromatic rings. The number of aryl methyl sites for hydroxylation is 1. The molecular weight excluding hydrogens is 546 g/mol. The van der Waals surface area contributed by atoms with Crippen LogP contribution in [-0.2, 0) is 11.3 Å². The molecule has 1 heterocycles. The fraction of sp³-hybridized carbons (Fsp3) is 0.194. The number of nitrogens with one attached hydrogen (secondary N) is 2. The van der Waals surface area contributed by atoms with Crippen molar-refractivity contribution >= 4 is 29.3 Å². The molecule has 3 aromatic carbocycles. The Morgan fingerprint density at radius 1 is 1.05 bits per heavy atom. The van der Waals surface area contributed by atoms with Crippen molar-refractivity contribution in [1.29, 1.82) is 0 Å². The summed E-state index contributed by atoms with van der Waals surface area (Å²) in [6, 6.07) is 20.0. The first-order chi connectivity index (χ1) is 19.7. The number of hydrogen-bond donors (Lipinski definition) is 4. The summed E-state index contributed by atoms with van der Waals surface area (Å²) in [6.45, 7) is 3.94. The molecule has 0 unspecified atom stereocenters. The number of carbonyl (C=O) groups excluding carboxylic acids is 1. The van der Waals surface area contributed by atoms with Crippen LogP contribution in [0.2, 0.25) is 5.02 Å². The van der Waals surface area contributed by atoms with E-state index < -0.39 is 30.0 Å². The largest absolute Gasteiger partial charge is 0.505 e. The Morgan fingerprint density at radius 2 is 1.76 bits per heavy atom. The van der Waals surface area contributed by atoms with E-state index >= 15 is 0 Å². The number of benzene rings is 3. The van der Waals surface area contributed by atoms with E-state index in [0.29, 0.717) is 34.1 Å². The van der Waals surface area contributed by atoms with Gasteiger partial charge in [0.1, 0.15) is 11.5 Å². The highest BCUT2D eigenvalue weighted by Gasteiger charge is 2.22. The molecule has 10 heteroatoms. The molecule has 41 heavy (non-hydrogen) atoms. The molecule has 0 aliphatic carbocycles. The quantitative estimate of drug-likeness (QED) is 0.184. The van der Waals surface area contributed by atoms with E-state index in [9.17, 15) is 24.6 Å². The van der Waals surface area contributed by atoms with Gasteiger partial charge in [-0.05, 0) is 42.7 Å². The first-order valence-corrected chi connectivity index (χ1v) is 13.3. The number of aromatic nitrogens is 1. The van der Waals surface area contributed by atoms with Crippen LogP contribution < -0.4 is 20.9 Å². The van der Waals surface area contributed by atoms with Gasteiger partial charge in [-0.15, -0.1) is 0 Å². The van der Waals surface area contributed by atoms with Crippen LogP contribution in [0.5, 0.6) is 11.5 Å². The normalized spacial score (nSPS) is 11.5. The zero-order valence-corrected chi connectivity index (χ0v) is 23.3. The summed E-state index contributed by atoms with van der Waals surface area (Å²) in [5, 5.41) is 25.7. The second kappa shape index (κ2) is 13.1. The Balaban J connectivity index is 1.62. The Labute approximate surface area is 242 Å². The number of hydrogen-bond acceptors (Lipinski definition) is 5. The molecule has 4 rings (SSSR count). The van der Waals surface area contributed by atoms with Crippen LogP contribution in [0.3, 0.4) is 0 Å².